The van der Waals surface area contributed by atoms with E-state index in [1.807, 2.05) is 31.2 Å². The van der Waals surface area contributed by atoms with Gasteiger partial charge >= 0.3 is 0 Å². The molecule has 1 N–H and O–H groups in total. The Morgan fingerprint density at radius 1 is 1.22 bits per heavy atom. The maximum Gasteiger partial charge on any atom is 0.200 e. The Bertz CT molecular complexity index is 676. The van der Waals surface area contributed by atoms with Gasteiger partial charge in [-0.3, -0.25) is 4.98 Å². The second kappa shape index (κ2) is 4.36. The van der Waals surface area contributed by atoms with Gasteiger partial charge in [0, 0.05) is 5.69 Å². The van der Waals surface area contributed by atoms with Crippen LogP contribution >= 0.6 is 0 Å². The fourth-order valence-corrected chi connectivity index (χ4v) is 1.62. The molecule has 3 heterocycles. The van der Waals surface area contributed by atoms with E-state index in [0.29, 0.717) is 18.0 Å². The number of hydrogen-bond donors (Lipinski definition) is 1. The Balaban J connectivity index is 1.76. The summed E-state index contributed by atoms with van der Waals surface area (Å²) >= 11 is 0. The van der Waals surface area contributed by atoms with E-state index in [1.54, 1.807) is 6.07 Å². The summed E-state index contributed by atoms with van der Waals surface area (Å²) in [7, 11) is 0. The van der Waals surface area contributed by atoms with E-state index in [2.05, 4.69) is 30.9 Å². The highest BCUT2D eigenvalue weighted by Crippen LogP contribution is 2.05. The first-order valence-corrected chi connectivity index (χ1v) is 5.53. The summed E-state index contributed by atoms with van der Waals surface area (Å²) in [5.41, 5.74) is 2.58. The molecule has 0 fully saturated rings. The van der Waals surface area contributed by atoms with Crippen LogP contribution in [0.2, 0.25) is 0 Å². The monoisotopic (exact) mass is 241 g/mol. The van der Waals surface area contributed by atoms with E-state index in [1.165, 1.54) is 4.63 Å². The molecule has 3 aromatic rings. The van der Waals surface area contributed by atoms with E-state index in [9.17, 15) is 0 Å². The molecule has 7 nitrogen and oxygen atoms in total. The SMILES string of the molecule is Cc1cccc(CNc2ccc3nnnn3n2)n1. The van der Waals surface area contributed by atoms with Gasteiger partial charge in [-0.1, -0.05) is 6.07 Å². The lowest BCUT2D eigenvalue weighted by molar-refractivity contribution is 0.733. The molecule has 0 atom stereocenters. The van der Waals surface area contributed by atoms with Crippen LogP contribution in [-0.2, 0) is 6.54 Å². The summed E-state index contributed by atoms with van der Waals surface area (Å²) in [6.07, 6.45) is 0. The minimum atomic E-state index is 0.613. The first-order chi connectivity index (χ1) is 8.81. The van der Waals surface area contributed by atoms with Crippen molar-refractivity contribution in [2.24, 2.45) is 0 Å². The van der Waals surface area contributed by atoms with Crippen LogP contribution < -0.4 is 5.32 Å². The Morgan fingerprint density at radius 3 is 3.06 bits per heavy atom. The summed E-state index contributed by atoms with van der Waals surface area (Å²) in [5, 5.41) is 18.5. The summed E-state index contributed by atoms with van der Waals surface area (Å²) < 4.78 is 1.38. The Hall–Kier alpha value is -2.57. The maximum absolute atomic E-state index is 4.40. The lowest BCUT2D eigenvalue weighted by atomic mass is 10.3. The van der Waals surface area contributed by atoms with Crippen LogP contribution in [0.25, 0.3) is 5.65 Å². The largest absolute Gasteiger partial charge is 0.363 e. The Kier molecular flexibility index (Phi) is 2.56. The van der Waals surface area contributed by atoms with Crippen molar-refractivity contribution in [3.8, 4) is 0 Å². The standard InChI is InChI=1S/C11H11N7/c1-8-3-2-4-9(13-8)7-12-10-5-6-11-14-16-17-18(11)15-10/h2-6H,7H2,1H3,(H,12,15). The number of aromatic nitrogens is 6. The second-order valence-corrected chi connectivity index (χ2v) is 3.87. The molecule has 0 saturated carbocycles. The van der Waals surface area contributed by atoms with Crippen molar-refractivity contribution in [2.45, 2.75) is 13.5 Å². The van der Waals surface area contributed by atoms with Gasteiger partial charge < -0.3 is 5.32 Å². The van der Waals surface area contributed by atoms with Gasteiger partial charge in [-0.25, -0.2) is 0 Å². The van der Waals surface area contributed by atoms with Crippen LogP contribution in [0, 0.1) is 6.92 Å². The first kappa shape index (κ1) is 10.6. The van der Waals surface area contributed by atoms with Crippen LogP contribution in [-0.4, -0.2) is 30.2 Å². The molecule has 0 aromatic carbocycles. The van der Waals surface area contributed by atoms with Gasteiger partial charge in [0.1, 0.15) is 5.82 Å². The third-order valence-corrected chi connectivity index (χ3v) is 2.47. The number of pyridine rings is 1. The van der Waals surface area contributed by atoms with Crippen LogP contribution in [0.4, 0.5) is 5.82 Å². The third kappa shape index (κ3) is 2.10. The van der Waals surface area contributed by atoms with Crippen LogP contribution in [0.15, 0.2) is 30.3 Å². The van der Waals surface area contributed by atoms with Gasteiger partial charge in [-0.05, 0) is 41.6 Å². The zero-order valence-corrected chi connectivity index (χ0v) is 9.78. The van der Waals surface area contributed by atoms with E-state index in [4.69, 9.17) is 0 Å². The molecule has 3 aromatic heterocycles. The first-order valence-electron chi connectivity index (χ1n) is 5.53. The number of nitrogens with one attached hydrogen (secondary N) is 1. The van der Waals surface area contributed by atoms with Gasteiger partial charge in [0.15, 0.2) is 5.65 Å². The smallest absolute Gasteiger partial charge is 0.200 e. The lowest BCUT2D eigenvalue weighted by Gasteiger charge is -2.05. The number of tetrazole rings is 1. The van der Waals surface area contributed by atoms with Crippen LogP contribution in [0.1, 0.15) is 11.4 Å². The van der Waals surface area contributed by atoms with E-state index in [-0.39, 0.29) is 0 Å². The zero-order chi connectivity index (χ0) is 12.4. The van der Waals surface area contributed by atoms with E-state index >= 15 is 0 Å². The van der Waals surface area contributed by atoms with E-state index in [0.717, 1.165) is 11.4 Å². The highest BCUT2D eigenvalue weighted by molar-refractivity contribution is 5.42. The third-order valence-electron chi connectivity index (χ3n) is 2.47. The molecule has 18 heavy (non-hydrogen) atoms. The molecule has 0 unspecified atom stereocenters. The molecule has 0 saturated heterocycles. The molecule has 90 valence electrons. The molecule has 0 aliphatic carbocycles. The number of hydrogen-bond acceptors (Lipinski definition) is 6. The van der Waals surface area contributed by atoms with Crippen molar-refractivity contribution in [1.29, 1.82) is 0 Å². The molecule has 7 heteroatoms. The molecule has 0 amide bonds. The summed E-state index contributed by atoms with van der Waals surface area (Å²) in [6.45, 7) is 2.58. The molecule has 0 radical (unpaired) electrons. The molecule has 0 aliphatic rings. The Labute approximate surface area is 103 Å². The number of aryl methyl sites for hydroxylation is 1. The lowest BCUT2D eigenvalue weighted by Crippen LogP contribution is -2.06. The van der Waals surface area contributed by atoms with Crippen molar-refractivity contribution < 1.29 is 0 Å². The van der Waals surface area contributed by atoms with Gasteiger partial charge in [0.2, 0.25) is 0 Å². The molecule has 0 spiro atoms. The minimum Gasteiger partial charge on any atom is -0.363 e. The predicted molar refractivity (Wildman–Crippen MR) is 64.9 cm³/mol. The maximum atomic E-state index is 4.40. The van der Waals surface area contributed by atoms with Crippen molar-refractivity contribution >= 4 is 11.5 Å². The number of fused-ring (bicyclic) bond motifs is 1. The topological polar surface area (TPSA) is 80.9 Å². The summed E-state index contributed by atoms with van der Waals surface area (Å²) in [6, 6.07) is 9.56. The van der Waals surface area contributed by atoms with Crippen molar-refractivity contribution in [3.05, 3.63) is 41.7 Å². The van der Waals surface area contributed by atoms with Gasteiger partial charge in [-0.2, -0.15) is 0 Å². The minimum absolute atomic E-state index is 0.613. The fraction of sp³-hybridized carbons (Fsp3) is 0.182. The molecular formula is C11H11N7. The van der Waals surface area contributed by atoms with Crippen molar-refractivity contribution in [3.63, 3.8) is 0 Å². The fourth-order valence-electron chi connectivity index (χ4n) is 1.62. The Morgan fingerprint density at radius 2 is 2.17 bits per heavy atom. The van der Waals surface area contributed by atoms with Crippen molar-refractivity contribution in [2.75, 3.05) is 5.32 Å². The van der Waals surface area contributed by atoms with Crippen molar-refractivity contribution in [1.82, 2.24) is 30.2 Å². The average molecular weight is 241 g/mol. The number of nitrogens with zero attached hydrogens (tertiary/aromatic N) is 6. The molecule has 0 aliphatic heterocycles. The number of anilines is 1. The summed E-state index contributed by atoms with van der Waals surface area (Å²) in [4.78, 5) is 4.40. The average Bonchev–Trinajstić information content (AvgIpc) is 2.84. The van der Waals surface area contributed by atoms with Crippen LogP contribution in [0.3, 0.4) is 0 Å². The van der Waals surface area contributed by atoms with Crippen LogP contribution in [0.5, 0.6) is 0 Å². The molecule has 0 bridgehead atoms. The van der Waals surface area contributed by atoms with Gasteiger partial charge in [0.05, 0.1) is 12.2 Å². The van der Waals surface area contributed by atoms with Gasteiger partial charge in [-0.15, -0.1) is 14.8 Å². The quantitative estimate of drug-likeness (QED) is 0.731. The second-order valence-electron chi connectivity index (χ2n) is 3.87. The molecular weight excluding hydrogens is 230 g/mol. The normalized spacial score (nSPS) is 10.7. The summed E-state index contributed by atoms with van der Waals surface area (Å²) in [5.74, 6) is 0.707. The predicted octanol–water partition coefficient (Wildman–Crippen LogP) is 0.835. The molecule has 3 rings (SSSR count). The highest BCUT2D eigenvalue weighted by atomic mass is 15.6. The zero-order valence-electron chi connectivity index (χ0n) is 9.78. The van der Waals surface area contributed by atoms with Gasteiger partial charge in [0.25, 0.3) is 0 Å². The highest BCUT2D eigenvalue weighted by Gasteiger charge is 2.01. The van der Waals surface area contributed by atoms with E-state index < -0.39 is 0 Å². The number of rotatable bonds is 3.